The second-order valence-electron chi connectivity index (χ2n) is 8.81. The summed E-state index contributed by atoms with van der Waals surface area (Å²) >= 11 is 7.27. The fraction of sp³-hybridized carbons (Fsp3) is 0.179. The van der Waals surface area contributed by atoms with Crippen molar-refractivity contribution in [1.29, 1.82) is 0 Å². The maximum atomic E-state index is 13.7. The molecule has 0 aliphatic carbocycles. The van der Waals surface area contributed by atoms with Gasteiger partial charge in [0, 0.05) is 28.8 Å². The zero-order valence-corrected chi connectivity index (χ0v) is 22.7. The molecule has 0 radical (unpaired) electrons. The van der Waals surface area contributed by atoms with Crippen LogP contribution in [-0.2, 0) is 9.53 Å². The topological polar surface area (TPSA) is 117 Å². The average Bonchev–Trinajstić information content (AvgIpc) is 3.48. The molecular weight excluding hydrogens is 542 g/mol. The third-order valence-electron chi connectivity index (χ3n) is 6.30. The number of rotatable bonds is 6. The number of nitro benzene ring substituents is 1. The van der Waals surface area contributed by atoms with Crippen LogP contribution in [0, 0.1) is 17.0 Å². The first-order valence-electron chi connectivity index (χ1n) is 12.0. The van der Waals surface area contributed by atoms with Gasteiger partial charge in [-0.25, -0.2) is 9.79 Å². The molecule has 11 heteroatoms. The molecule has 0 amide bonds. The lowest BCUT2D eigenvalue weighted by molar-refractivity contribution is -0.384. The Hall–Kier alpha value is -4.28. The standard InChI is InChI=1S/C28H22ClN3O6S/c1-4-37-27(34)24-16(3)30-28-31(25(24)17-6-8-18(29)9-7-17)26(33)23(39-28)14-20-11-12-22(38-20)21-13-19(32(35)36)10-5-15(21)2/h5-14,25H,4H2,1-3H3/b23-14-/t25-/m0/s1. The average molecular weight is 564 g/mol. The highest BCUT2D eigenvalue weighted by molar-refractivity contribution is 7.07. The number of non-ortho nitro benzene ring substituents is 1. The Morgan fingerprint density at radius 1 is 1.21 bits per heavy atom. The maximum absolute atomic E-state index is 13.7. The normalized spacial score (nSPS) is 15.2. The SMILES string of the molecule is CCOC(=O)C1=C(C)N=c2s/c(=C\c3ccc(-c4cc([N+](=O)[O-])ccc4C)o3)c(=O)n2[C@H]1c1ccc(Cl)cc1. The van der Waals surface area contributed by atoms with Crippen LogP contribution < -0.4 is 14.9 Å². The van der Waals surface area contributed by atoms with Crippen molar-refractivity contribution in [2.24, 2.45) is 4.99 Å². The van der Waals surface area contributed by atoms with Gasteiger partial charge in [0.1, 0.15) is 11.5 Å². The molecule has 0 spiro atoms. The summed E-state index contributed by atoms with van der Waals surface area (Å²) < 4.78 is 13.1. The monoisotopic (exact) mass is 563 g/mol. The largest absolute Gasteiger partial charge is 0.463 e. The molecule has 1 atom stereocenters. The number of fused-ring (bicyclic) bond motifs is 1. The molecule has 0 saturated heterocycles. The van der Waals surface area contributed by atoms with Crippen molar-refractivity contribution < 1.29 is 18.9 Å². The van der Waals surface area contributed by atoms with E-state index in [1.165, 1.54) is 28.0 Å². The van der Waals surface area contributed by atoms with Crippen LogP contribution in [-0.4, -0.2) is 22.1 Å². The number of nitro groups is 1. The number of hydrogen-bond acceptors (Lipinski definition) is 8. The van der Waals surface area contributed by atoms with E-state index in [0.717, 1.165) is 5.56 Å². The Kier molecular flexibility index (Phi) is 7.07. The second-order valence-corrected chi connectivity index (χ2v) is 10.3. The molecule has 0 N–H and O–H groups in total. The van der Waals surface area contributed by atoms with E-state index in [1.54, 1.807) is 62.4 Å². The number of halogens is 1. The Balaban J connectivity index is 1.62. The van der Waals surface area contributed by atoms with Crippen LogP contribution in [0.3, 0.4) is 0 Å². The molecule has 39 heavy (non-hydrogen) atoms. The van der Waals surface area contributed by atoms with E-state index < -0.39 is 16.9 Å². The number of nitrogens with zero attached hydrogens (tertiary/aromatic N) is 3. The van der Waals surface area contributed by atoms with Crippen LogP contribution in [0.1, 0.15) is 36.8 Å². The minimum Gasteiger partial charge on any atom is -0.463 e. The van der Waals surface area contributed by atoms with E-state index in [1.807, 2.05) is 6.92 Å². The Morgan fingerprint density at radius 3 is 2.64 bits per heavy atom. The van der Waals surface area contributed by atoms with Gasteiger partial charge in [-0.15, -0.1) is 0 Å². The summed E-state index contributed by atoms with van der Waals surface area (Å²) in [6.45, 7) is 5.44. The third-order valence-corrected chi connectivity index (χ3v) is 7.54. The fourth-order valence-corrected chi connectivity index (χ4v) is 5.60. The van der Waals surface area contributed by atoms with Crippen LogP contribution in [0.4, 0.5) is 5.69 Å². The molecule has 0 saturated carbocycles. The Morgan fingerprint density at radius 2 is 1.95 bits per heavy atom. The molecule has 1 aliphatic heterocycles. The van der Waals surface area contributed by atoms with Crippen molar-refractivity contribution in [1.82, 2.24) is 4.57 Å². The number of aromatic nitrogens is 1. The van der Waals surface area contributed by atoms with Crippen molar-refractivity contribution in [3.63, 3.8) is 0 Å². The van der Waals surface area contributed by atoms with E-state index in [-0.39, 0.29) is 23.4 Å². The first-order chi connectivity index (χ1) is 18.7. The van der Waals surface area contributed by atoms with Crippen molar-refractivity contribution in [2.75, 3.05) is 6.61 Å². The minimum absolute atomic E-state index is 0.0446. The number of thiazole rings is 1. The molecule has 1 aliphatic rings. The molecule has 0 unspecified atom stereocenters. The lowest BCUT2D eigenvalue weighted by Gasteiger charge is -2.24. The van der Waals surface area contributed by atoms with Crippen LogP contribution >= 0.6 is 22.9 Å². The number of carbonyl (C=O) groups is 1. The summed E-state index contributed by atoms with van der Waals surface area (Å²) in [5.41, 5.74) is 2.43. The summed E-state index contributed by atoms with van der Waals surface area (Å²) in [4.78, 5) is 42.4. The van der Waals surface area contributed by atoms with Gasteiger partial charge < -0.3 is 9.15 Å². The summed E-state index contributed by atoms with van der Waals surface area (Å²) in [5.74, 6) is 0.288. The molecule has 2 aromatic heterocycles. The number of furan rings is 1. The van der Waals surface area contributed by atoms with Crippen molar-refractivity contribution in [2.45, 2.75) is 26.8 Å². The zero-order valence-electron chi connectivity index (χ0n) is 21.1. The van der Waals surface area contributed by atoms with Crippen molar-refractivity contribution >= 4 is 40.7 Å². The van der Waals surface area contributed by atoms with Crippen molar-refractivity contribution in [3.05, 3.63) is 118 Å². The molecule has 4 aromatic rings. The van der Waals surface area contributed by atoms with Crippen molar-refractivity contribution in [3.8, 4) is 11.3 Å². The summed E-state index contributed by atoms with van der Waals surface area (Å²) in [5, 5.41) is 11.8. The van der Waals surface area contributed by atoms with E-state index in [0.29, 0.717) is 42.7 Å². The van der Waals surface area contributed by atoms with Gasteiger partial charge in [-0.05, 0) is 56.2 Å². The van der Waals surface area contributed by atoms with E-state index >= 15 is 0 Å². The van der Waals surface area contributed by atoms with Gasteiger partial charge in [0.2, 0.25) is 0 Å². The molecular formula is C28H22ClN3O6S. The molecule has 2 aromatic carbocycles. The molecule has 5 rings (SSSR count). The first-order valence-corrected chi connectivity index (χ1v) is 13.2. The van der Waals surface area contributed by atoms with E-state index in [2.05, 4.69) is 4.99 Å². The van der Waals surface area contributed by atoms with Crippen LogP contribution in [0.25, 0.3) is 17.4 Å². The number of benzene rings is 2. The number of ether oxygens (including phenoxy) is 1. The van der Waals surface area contributed by atoms with Gasteiger partial charge in [0.05, 0.1) is 33.4 Å². The zero-order chi connectivity index (χ0) is 27.8. The molecule has 3 heterocycles. The number of allylic oxidation sites excluding steroid dienone is 1. The maximum Gasteiger partial charge on any atom is 0.338 e. The lowest BCUT2D eigenvalue weighted by Crippen LogP contribution is -2.39. The predicted molar refractivity (Wildman–Crippen MR) is 147 cm³/mol. The highest BCUT2D eigenvalue weighted by Crippen LogP contribution is 2.32. The number of hydrogen-bond donors (Lipinski definition) is 0. The predicted octanol–water partition coefficient (Wildman–Crippen LogP) is 4.93. The second kappa shape index (κ2) is 10.5. The van der Waals surface area contributed by atoms with Gasteiger partial charge >= 0.3 is 5.97 Å². The van der Waals surface area contributed by atoms with Gasteiger partial charge in [-0.2, -0.15) is 0 Å². The number of aryl methyl sites for hydroxylation is 1. The van der Waals surface area contributed by atoms with Gasteiger partial charge in [-0.1, -0.05) is 41.1 Å². The van der Waals surface area contributed by atoms with E-state index in [4.69, 9.17) is 20.8 Å². The fourth-order valence-electron chi connectivity index (χ4n) is 4.45. The first kappa shape index (κ1) is 26.3. The summed E-state index contributed by atoms with van der Waals surface area (Å²) in [6.07, 6.45) is 1.60. The molecule has 0 bridgehead atoms. The third kappa shape index (κ3) is 4.96. The number of esters is 1. The highest BCUT2D eigenvalue weighted by atomic mass is 35.5. The van der Waals surface area contributed by atoms with E-state index in [9.17, 15) is 19.7 Å². The van der Waals surface area contributed by atoms with Crippen LogP contribution in [0.5, 0.6) is 0 Å². The summed E-state index contributed by atoms with van der Waals surface area (Å²) in [6, 6.07) is 14.1. The van der Waals surface area contributed by atoms with Crippen LogP contribution in [0.2, 0.25) is 5.02 Å². The highest BCUT2D eigenvalue weighted by Gasteiger charge is 2.33. The molecule has 198 valence electrons. The van der Waals surface area contributed by atoms with Crippen LogP contribution in [0.15, 0.2) is 80.1 Å². The Labute approximate surface area is 231 Å². The quantitative estimate of drug-likeness (QED) is 0.186. The summed E-state index contributed by atoms with van der Waals surface area (Å²) in [7, 11) is 0. The Bertz CT molecular complexity index is 1830. The number of carbonyl (C=O) groups excluding carboxylic acids is 1. The van der Waals surface area contributed by atoms with Gasteiger partial charge in [0.15, 0.2) is 4.80 Å². The van der Waals surface area contributed by atoms with Gasteiger partial charge in [-0.3, -0.25) is 19.5 Å². The molecule has 0 fully saturated rings. The smallest absolute Gasteiger partial charge is 0.338 e. The minimum atomic E-state index is -0.751. The lowest BCUT2D eigenvalue weighted by atomic mass is 9.96. The van der Waals surface area contributed by atoms with Gasteiger partial charge in [0.25, 0.3) is 11.2 Å². The molecule has 9 nitrogen and oxygen atoms in total.